The van der Waals surface area contributed by atoms with Crippen molar-refractivity contribution in [2.45, 2.75) is 19.6 Å². The molecule has 0 radical (unpaired) electrons. The second kappa shape index (κ2) is 8.34. The van der Waals surface area contributed by atoms with Crippen LogP contribution >= 0.6 is 0 Å². The predicted octanol–water partition coefficient (Wildman–Crippen LogP) is 5.41. The van der Waals surface area contributed by atoms with Crippen molar-refractivity contribution in [2.24, 2.45) is 0 Å². The molecule has 0 saturated heterocycles. The molecule has 0 unspecified atom stereocenters. The lowest BCUT2D eigenvalue weighted by atomic mass is 10.0. The molecule has 4 nitrogen and oxygen atoms in total. The zero-order valence-electron chi connectivity index (χ0n) is 17.1. The van der Waals surface area contributed by atoms with Gasteiger partial charge in [-0.15, -0.1) is 0 Å². The molecule has 1 aliphatic heterocycles. The highest BCUT2D eigenvalue weighted by molar-refractivity contribution is 6.36. The van der Waals surface area contributed by atoms with E-state index in [9.17, 15) is 22.8 Å². The first-order valence-corrected chi connectivity index (χ1v) is 9.90. The first-order chi connectivity index (χ1) is 15.2. The Hall–Kier alpha value is -3.87. The molecule has 1 heterocycles. The third-order valence-corrected chi connectivity index (χ3v) is 5.15. The first kappa shape index (κ1) is 21.4. The SMILES string of the molecule is Cc1ccc(C2=C(Nc3cccc(C(F)(F)F)c3)C(=O)N(Cc3ccccc3)C2=O)cc1. The third-order valence-electron chi connectivity index (χ3n) is 5.15. The number of rotatable bonds is 5. The molecule has 0 bridgehead atoms. The van der Waals surface area contributed by atoms with Crippen molar-refractivity contribution in [1.82, 2.24) is 4.90 Å². The van der Waals surface area contributed by atoms with Crippen molar-refractivity contribution in [3.63, 3.8) is 0 Å². The van der Waals surface area contributed by atoms with Gasteiger partial charge in [-0.2, -0.15) is 13.2 Å². The van der Waals surface area contributed by atoms with Gasteiger partial charge < -0.3 is 5.32 Å². The number of benzene rings is 3. The van der Waals surface area contributed by atoms with E-state index in [0.29, 0.717) is 5.56 Å². The summed E-state index contributed by atoms with van der Waals surface area (Å²) in [6.07, 6.45) is -4.53. The fourth-order valence-electron chi connectivity index (χ4n) is 3.51. The maximum atomic E-state index is 13.3. The molecule has 0 aliphatic carbocycles. The molecule has 3 aromatic carbocycles. The summed E-state index contributed by atoms with van der Waals surface area (Å²) in [5, 5.41) is 2.78. The van der Waals surface area contributed by atoms with Crippen LogP contribution in [-0.2, 0) is 22.3 Å². The van der Waals surface area contributed by atoms with Crippen molar-refractivity contribution in [3.8, 4) is 0 Å². The van der Waals surface area contributed by atoms with Gasteiger partial charge in [0.05, 0.1) is 17.7 Å². The zero-order valence-corrected chi connectivity index (χ0v) is 17.1. The lowest BCUT2D eigenvalue weighted by molar-refractivity contribution is -0.138. The van der Waals surface area contributed by atoms with Crippen molar-refractivity contribution in [2.75, 3.05) is 5.32 Å². The fraction of sp³-hybridized carbons (Fsp3) is 0.120. The van der Waals surface area contributed by atoms with E-state index in [2.05, 4.69) is 5.32 Å². The van der Waals surface area contributed by atoms with Gasteiger partial charge in [0, 0.05) is 5.69 Å². The quantitative estimate of drug-likeness (QED) is 0.545. The van der Waals surface area contributed by atoms with E-state index in [-0.39, 0.29) is 23.5 Å². The highest BCUT2D eigenvalue weighted by Gasteiger charge is 2.39. The number of alkyl halides is 3. The largest absolute Gasteiger partial charge is 0.416 e. The number of carbonyl (C=O) groups excluding carboxylic acids is 2. The van der Waals surface area contributed by atoms with Gasteiger partial charge in [0.2, 0.25) is 0 Å². The van der Waals surface area contributed by atoms with Gasteiger partial charge in [-0.1, -0.05) is 66.2 Å². The van der Waals surface area contributed by atoms with Crippen LogP contribution in [0.15, 0.2) is 84.6 Å². The number of imide groups is 1. The van der Waals surface area contributed by atoms with Crippen molar-refractivity contribution in [3.05, 3.63) is 107 Å². The molecule has 0 spiro atoms. The van der Waals surface area contributed by atoms with Gasteiger partial charge in [0.1, 0.15) is 5.70 Å². The van der Waals surface area contributed by atoms with E-state index < -0.39 is 23.6 Å². The minimum atomic E-state index is -4.53. The second-order valence-electron chi connectivity index (χ2n) is 7.50. The Kier molecular flexibility index (Phi) is 5.57. The van der Waals surface area contributed by atoms with Crippen LogP contribution in [0.2, 0.25) is 0 Å². The lowest BCUT2D eigenvalue weighted by Gasteiger charge is -2.15. The summed E-state index contributed by atoms with van der Waals surface area (Å²) in [5.41, 5.74) is 1.55. The number of nitrogens with one attached hydrogen (secondary N) is 1. The Morgan fingerprint density at radius 2 is 1.53 bits per heavy atom. The van der Waals surface area contributed by atoms with Crippen LogP contribution in [0.25, 0.3) is 5.57 Å². The number of hydrogen-bond acceptors (Lipinski definition) is 3. The standard InChI is InChI=1S/C25H19F3N2O2/c1-16-10-12-18(13-11-16)21-22(29-20-9-5-8-19(14-20)25(26,27)28)24(32)30(23(21)31)15-17-6-3-2-4-7-17/h2-14,29H,15H2,1H3. The number of halogens is 3. The van der Waals surface area contributed by atoms with E-state index in [1.54, 1.807) is 36.4 Å². The van der Waals surface area contributed by atoms with Crippen LogP contribution in [0, 0.1) is 6.92 Å². The Morgan fingerprint density at radius 1 is 0.844 bits per heavy atom. The number of nitrogens with zero attached hydrogens (tertiary/aromatic N) is 1. The van der Waals surface area contributed by atoms with Crippen molar-refractivity contribution in [1.29, 1.82) is 0 Å². The van der Waals surface area contributed by atoms with Crippen LogP contribution < -0.4 is 5.32 Å². The Bertz CT molecular complexity index is 1200. The maximum Gasteiger partial charge on any atom is 0.416 e. The average Bonchev–Trinajstić information content (AvgIpc) is 2.99. The zero-order chi connectivity index (χ0) is 22.9. The number of hydrogen-bond donors (Lipinski definition) is 1. The molecule has 0 aromatic heterocycles. The molecule has 0 fully saturated rings. The highest BCUT2D eigenvalue weighted by atomic mass is 19.4. The minimum Gasteiger partial charge on any atom is -0.350 e. The molecule has 3 aromatic rings. The number of aryl methyl sites for hydroxylation is 1. The number of anilines is 1. The van der Waals surface area contributed by atoms with E-state index in [1.165, 1.54) is 12.1 Å². The monoisotopic (exact) mass is 436 g/mol. The topological polar surface area (TPSA) is 49.4 Å². The molecule has 32 heavy (non-hydrogen) atoms. The van der Waals surface area contributed by atoms with Crippen LogP contribution in [0.5, 0.6) is 0 Å². The summed E-state index contributed by atoms with van der Waals surface area (Å²) in [6.45, 7) is 1.95. The summed E-state index contributed by atoms with van der Waals surface area (Å²) >= 11 is 0. The van der Waals surface area contributed by atoms with E-state index in [4.69, 9.17) is 0 Å². The second-order valence-corrected chi connectivity index (χ2v) is 7.50. The summed E-state index contributed by atoms with van der Waals surface area (Å²) in [6, 6.07) is 20.6. The van der Waals surface area contributed by atoms with Gasteiger partial charge in [-0.05, 0) is 36.2 Å². The lowest BCUT2D eigenvalue weighted by Crippen LogP contribution is -2.32. The normalized spacial score (nSPS) is 14.3. The van der Waals surface area contributed by atoms with Crippen LogP contribution in [-0.4, -0.2) is 16.7 Å². The van der Waals surface area contributed by atoms with Crippen LogP contribution in [0.3, 0.4) is 0 Å². The molecular weight excluding hydrogens is 417 g/mol. The minimum absolute atomic E-state index is 0.0471. The van der Waals surface area contributed by atoms with Gasteiger partial charge >= 0.3 is 6.18 Å². The summed E-state index contributed by atoms with van der Waals surface area (Å²) in [5.74, 6) is -1.09. The molecule has 7 heteroatoms. The van der Waals surface area contributed by atoms with E-state index in [1.807, 2.05) is 25.1 Å². The maximum absolute atomic E-state index is 13.3. The van der Waals surface area contributed by atoms with Crippen molar-refractivity contribution >= 4 is 23.1 Å². The molecule has 162 valence electrons. The molecule has 0 atom stereocenters. The smallest absolute Gasteiger partial charge is 0.350 e. The molecule has 2 amide bonds. The number of amides is 2. The third kappa shape index (κ3) is 4.27. The molecule has 1 aliphatic rings. The Labute approximate surface area is 183 Å². The highest BCUT2D eigenvalue weighted by Crippen LogP contribution is 2.34. The molecular formula is C25H19F3N2O2. The summed E-state index contributed by atoms with van der Waals surface area (Å²) in [7, 11) is 0. The predicted molar refractivity (Wildman–Crippen MR) is 115 cm³/mol. The van der Waals surface area contributed by atoms with Crippen LogP contribution in [0.4, 0.5) is 18.9 Å². The van der Waals surface area contributed by atoms with Gasteiger partial charge in [0.25, 0.3) is 11.8 Å². The number of carbonyl (C=O) groups is 2. The van der Waals surface area contributed by atoms with Gasteiger partial charge in [-0.25, -0.2) is 0 Å². The van der Waals surface area contributed by atoms with Gasteiger partial charge in [0.15, 0.2) is 0 Å². The summed E-state index contributed by atoms with van der Waals surface area (Å²) < 4.78 is 39.4. The van der Waals surface area contributed by atoms with Crippen LogP contribution in [0.1, 0.15) is 22.3 Å². The summed E-state index contributed by atoms with van der Waals surface area (Å²) in [4.78, 5) is 27.6. The fourth-order valence-corrected chi connectivity index (χ4v) is 3.51. The Balaban J connectivity index is 1.75. The van der Waals surface area contributed by atoms with Crippen molar-refractivity contribution < 1.29 is 22.8 Å². The molecule has 0 saturated carbocycles. The van der Waals surface area contributed by atoms with Gasteiger partial charge in [-0.3, -0.25) is 14.5 Å². The van der Waals surface area contributed by atoms with E-state index in [0.717, 1.165) is 28.2 Å². The average molecular weight is 436 g/mol. The molecule has 4 rings (SSSR count). The Morgan fingerprint density at radius 3 is 2.19 bits per heavy atom. The van der Waals surface area contributed by atoms with E-state index >= 15 is 0 Å². The first-order valence-electron chi connectivity index (χ1n) is 9.90. The molecule has 1 N–H and O–H groups in total.